The minimum atomic E-state index is -1.27. The average molecular weight is 266 g/mol. The average Bonchev–Trinajstić information content (AvgIpc) is 2.42. The standard InChI is InChI=1S/C12H14N2O5/c13-7-3-6-12(16)19-11(8-15)9-4-1-2-5-10(9)14(17)18/h1-2,4-5,8,11H,3,6-7,13H2. The molecule has 7 nitrogen and oxygen atoms in total. The van der Waals surface area contributed by atoms with E-state index in [4.69, 9.17) is 10.5 Å². The SMILES string of the molecule is NCCCC(=O)OC(C=O)c1ccccc1[N+](=O)[O-]. The van der Waals surface area contributed by atoms with Gasteiger partial charge in [0.15, 0.2) is 12.4 Å². The Morgan fingerprint density at radius 1 is 1.47 bits per heavy atom. The normalized spacial score (nSPS) is 11.6. The van der Waals surface area contributed by atoms with Gasteiger partial charge in [0.25, 0.3) is 5.69 Å². The summed E-state index contributed by atoms with van der Waals surface area (Å²) in [6.45, 7) is 0.326. The molecule has 102 valence electrons. The number of hydrogen-bond acceptors (Lipinski definition) is 6. The lowest BCUT2D eigenvalue weighted by Crippen LogP contribution is -2.15. The highest BCUT2D eigenvalue weighted by molar-refractivity contribution is 5.74. The molecule has 19 heavy (non-hydrogen) atoms. The van der Waals surface area contributed by atoms with Gasteiger partial charge in [-0.2, -0.15) is 0 Å². The van der Waals surface area contributed by atoms with Gasteiger partial charge in [-0.15, -0.1) is 0 Å². The number of esters is 1. The number of benzene rings is 1. The van der Waals surface area contributed by atoms with Crippen LogP contribution in [0.4, 0.5) is 5.69 Å². The number of carbonyl (C=O) groups is 2. The van der Waals surface area contributed by atoms with Gasteiger partial charge in [0, 0.05) is 12.5 Å². The van der Waals surface area contributed by atoms with E-state index in [0.717, 1.165) is 0 Å². The lowest BCUT2D eigenvalue weighted by molar-refractivity contribution is -0.386. The zero-order chi connectivity index (χ0) is 14.3. The molecule has 1 aromatic rings. The van der Waals surface area contributed by atoms with Crippen LogP contribution in [-0.4, -0.2) is 23.7 Å². The quantitative estimate of drug-likeness (QED) is 0.342. The van der Waals surface area contributed by atoms with Gasteiger partial charge in [-0.05, 0) is 19.0 Å². The summed E-state index contributed by atoms with van der Waals surface area (Å²) in [5, 5.41) is 10.8. The topological polar surface area (TPSA) is 113 Å². The lowest BCUT2D eigenvalue weighted by atomic mass is 10.1. The molecule has 7 heteroatoms. The predicted octanol–water partition coefficient (Wildman–Crippen LogP) is 1.12. The first-order valence-electron chi connectivity index (χ1n) is 5.68. The molecule has 0 aromatic heterocycles. The Balaban J connectivity index is 2.88. The highest BCUT2D eigenvalue weighted by Crippen LogP contribution is 2.26. The zero-order valence-corrected chi connectivity index (χ0v) is 10.2. The molecule has 1 aromatic carbocycles. The molecule has 0 fully saturated rings. The Morgan fingerprint density at radius 3 is 2.74 bits per heavy atom. The molecule has 1 unspecified atom stereocenters. The van der Waals surface area contributed by atoms with Crippen molar-refractivity contribution in [2.75, 3.05) is 6.54 Å². The van der Waals surface area contributed by atoms with Crippen molar-refractivity contribution in [1.82, 2.24) is 0 Å². The molecule has 2 N–H and O–H groups in total. The maximum Gasteiger partial charge on any atom is 0.306 e. The summed E-state index contributed by atoms with van der Waals surface area (Å²) in [4.78, 5) is 32.6. The second kappa shape index (κ2) is 7.22. The number of para-hydroxylation sites is 1. The van der Waals surface area contributed by atoms with Crippen molar-refractivity contribution >= 4 is 17.9 Å². The van der Waals surface area contributed by atoms with Gasteiger partial charge < -0.3 is 10.5 Å². The fourth-order valence-electron chi connectivity index (χ4n) is 1.51. The Labute approximate surface area is 109 Å². The van der Waals surface area contributed by atoms with Gasteiger partial charge in [-0.25, -0.2) is 0 Å². The van der Waals surface area contributed by atoms with E-state index in [-0.39, 0.29) is 17.7 Å². The van der Waals surface area contributed by atoms with Crippen LogP contribution in [0.5, 0.6) is 0 Å². The van der Waals surface area contributed by atoms with Crippen molar-refractivity contribution in [3.8, 4) is 0 Å². The van der Waals surface area contributed by atoms with E-state index in [1.54, 1.807) is 0 Å². The number of rotatable bonds is 7. The summed E-state index contributed by atoms with van der Waals surface area (Å²) < 4.78 is 4.91. The van der Waals surface area contributed by atoms with Gasteiger partial charge in [0.05, 0.1) is 10.5 Å². The van der Waals surface area contributed by atoms with Crippen molar-refractivity contribution in [3.05, 3.63) is 39.9 Å². The molecule has 0 aliphatic carbocycles. The van der Waals surface area contributed by atoms with Crippen molar-refractivity contribution in [2.45, 2.75) is 18.9 Å². The number of ether oxygens (including phenoxy) is 1. The van der Waals surface area contributed by atoms with Crippen LogP contribution in [0.2, 0.25) is 0 Å². The lowest BCUT2D eigenvalue weighted by Gasteiger charge is -2.12. The Bertz CT molecular complexity index is 475. The molecule has 0 heterocycles. The van der Waals surface area contributed by atoms with E-state index >= 15 is 0 Å². The van der Waals surface area contributed by atoms with E-state index in [1.165, 1.54) is 24.3 Å². The summed E-state index contributed by atoms with van der Waals surface area (Å²) in [7, 11) is 0. The van der Waals surface area contributed by atoms with Gasteiger partial charge in [-0.1, -0.05) is 12.1 Å². The Morgan fingerprint density at radius 2 is 2.16 bits per heavy atom. The zero-order valence-electron chi connectivity index (χ0n) is 10.2. The van der Waals surface area contributed by atoms with Gasteiger partial charge in [0.1, 0.15) is 0 Å². The van der Waals surface area contributed by atoms with Gasteiger partial charge in [0.2, 0.25) is 0 Å². The summed E-state index contributed by atoms with van der Waals surface area (Å²) >= 11 is 0. The van der Waals surface area contributed by atoms with Crippen LogP contribution in [0.25, 0.3) is 0 Å². The van der Waals surface area contributed by atoms with E-state index < -0.39 is 17.0 Å². The van der Waals surface area contributed by atoms with Crippen LogP contribution in [0.1, 0.15) is 24.5 Å². The second-order valence-corrected chi connectivity index (χ2v) is 3.75. The molecule has 0 amide bonds. The minimum Gasteiger partial charge on any atom is -0.449 e. The molecule has 0 radical (unpaired) electrons. The number of nitrogens with zero attached hydrogens (tertiary/aromatic N) is 1. The maximum atomic E-state index is 11.4. The van der Waals surface area contributed by atoms with Crippen LogP contribution < -0.4 is 5.73 Å². The monoisotopic (exact) mass is 266 g/mol. The third kappa shape index (κ3) is 4.14. The molecular formula is C12H14N2O5. The smallest absolute Gasteiger partial charge is 0.306 e. The third-order valence-corrected chi connectivity index (χ3v) is 2.41. The van der Waals surface area contributed by atoms with E-state index in [2.05, 4.69) is 0 Å². The summed E-state index contributed by atoms with van der Waals surface area (Å²) in [6.07, 6.45) is -0.405. The summed E-state index contributed by atoms with van der Waals surface area (Å²) in [6, 6.07) is 5.64. The first-order chi connectivity index (χ1) is 9.10. The largest absolute Gasteiger partial charge is 0.449 e. The first-order valence-corrected chi connectivity index (χ1v) is 5.68. The summed E-state index contributed by atoms with van der Waals surface area (Å²) in [5.74, 6) is -0.610. The fourth-order valence-corrected chi connectivity index (χ4v) is 1.51. The van der Waals surface area contributed by atoms with Crippen LogP contribution in [-0.2, 0) is 14.3 Å². The van der Waals surface area contributed by atoms with Gasteiger partial charge >= 0.3 is 5.97 Å². The highest BCUT2D eigenvalue weighted by Gasteiger charge is 2.24. The van der Waals surface area contributed by atoms with E-state index in [9.17, 15) is 19.7 Å². The number of carbonyl (C=O) groups excluding carboxylic acids is 2. The highest BCUT2D eigenvalue weighted by atomic mass is 16.6. The van der Waals surface area contributed by atoms with Crippen LogP contribution in [0.15, 0.2) is 24.3 Å². The van der Waals surface area contributed by atoms with Crippen LogP contribution in [0, 0.1) is 10.1 Å². The van der Waals surface area contributed by atoms with Crippen molar-refractivity contribution in [3.63, 3.8) is 0 Å². The van der Waals surface area contributed by atoms with Crippen LogP contribution in [0.3, 0.4) is 0 Å². The number of nitro groups is 1. The minimum absolute atomic E-state index is 0.0589. The van der Waals surface area contributed by atoms with Crippen molar-refractivity contribution < 1.29 is 19.2 Å². The molecule has 1 rings (SSSR count). The summed E-state index contributed by atoms with van der Waals surface area (Å²) in [5.41, 5.74) is 5.05. The molecule has 0 saturated carbocycles. The predicted molar refractivity (Wildman–Crippen MR) is 66.3 cm³/mol. The third-order valence-electron chi connectivity index (χ3n) is 2.41. The maximum absolute atomic E-state index is 11.4. The number of nitro benzene ring substituents is 1. The van der Waals surface area contributed by atoms with Crippen LogP contribution >= 0.6 is 0 Å². The second-order valence-electron chi connectivity index (χ2n) is 3.75. The number of nitrogens with two attached hydrogens (primary N) is 1. The molecule has 0 bridgehead atoms. The molecule has 1 atom stereocenters. The number of hydrogen-bond donors (Lipinski definition) is 1. The van der Waals surface area contributed by atoms with Crippen molar-refractivity contribution in [2.24, 2.45) is 5.73 Å². The Hall–Kier alpha value is -2.28. The molecule has 0 spiro atoms. The Kier molecular flexibility index (Phi) is 5.62. The molecular weight excluding hydrogens is 252 g/mol. The first kappa shape index (κ1) is 14.8. The molecule has 0 aliphatic heterocycles. The van der Waals surface area contributed by atoms with Crippen molar-refractivity contribution in [1.29, 1.82) is 0 Å². The molecule has 0 saturated heterocycles. The molecule has 0 aliphatic rings. The van der Waals surface area contributed by atoms with Gasteiger partial charge in [-0.3, -0.25) is 19.7 Å². The van der Waals surface area contributed by atoms with E-state index in [0.29, 0.717) is 19.3 Å². The number of aldehydes is 1. The fraction of sp³-hybridized carbons (Fsp3) is 0.333. The van der Waals surface area contributed by atoms with E-state index in [1.807, 2.05) is 0 Å².